The molecule has 0 aliphatic heterocycles. The van der Waals surface area contributed by atoms with Gasteiger partial charge in [-0.3, -0.25) is 10.1 Å². The van der Waals surface area contributed by atoms with Gasteiger partial charge in [0.05, 0.1) is 5.52 Å². The quantitative estimate of drug-likeness (QED) is 0.202. The van der Waals surface area contributed by atoms with E-state index in [4.69, 9.17) is 0 Å². The summed E-state index contributed by atoms with van der Waals surface area (Å²) in [7, 11) is 0. The molecular weight excluding hydrogens is 528 g/mol. The van der Waals surface area contributed by atoms with Crippen LogP contribution < -0.4 is 5.32 Å². The Morgan fingerprint density at radius 2 is 1.75 bits per heavy atom. The highest BCUT2D eigenvalue weighted by atomic mass is 32.1. The second kappa shape index (κ2) is 10.1. The summed E-state index contributed by atoms with van der Waals surface area (Å²) in [5, 5.41) is 10.9. The Morgan fingerprint density at radius 1 is 0.875 bits per heavy atom. The molecule has 0 spiro atoms. The molecule has 2 aromatic carbocycles. The van der Waals surface area contributed by atoms with Crippen molar-refractivity contribution in [3.8, 4) is 33.1 Å². The number of hydrogen-bond acceptors (Lipinski definition) is 6. The van der Waals surface area contributed by atoms with Crippen molar-refractivity contribution < 1.29 is 8.78 Å². The Morgan fingerprint density at radius 3 is 2.60 bits per heavy atom. The van der Waals surface area contributed by atoms with Crippen LogP contribution in [0.4, 0.5) is 8.78 Å². The van der Waals surface area contributed by atoms with Gasteiger partial charge < -0.3 is 10.3 Å². The highest BCUT2D eigenvalue weighted by Gasteiger charge is 2.19. The maximum Gasteiger partial charge on any atom is 0.178 e. The van der Waals surface area contributed by atoms with E-state index < -0.39 is 5.82 Å². The van der Waals surface area contributed by atoms with Crippen LogP contribution in [0.2, 0.25) is 0 Å². The van der Waals surface area contributed by atoms with E-state index >= 15 is 4.39 Å². The van der Waals surface area contributed by atoms with Gasteiger partial charge in [-0.1, -0.05) is 30.3 Å². The second-order valence-electron chi connectivity index (χ2n) is 9.37. The van der Waals surface area contributed by atoms with Crippen LogP contribution in [0.15, 0.2) is 85.3 Å². The molecule has 0 amide bonds. The molecule has 7 rings (SSSR count). The number of pyridine rings is 2. The Balaban J connectivity index is 1.23. The van der Waals surface area contributed by atoms with Gasteiger partial charge in [0.15, 0.2) is 22.4 Å². The Labute approximate surface area is 231 Å². The third kappa shape index (κ3) is 4.53. The van der Waals surface area contributed by atoms with Crippen molar-refractivity contribution in [1.29, 1.82) is 0 Å². The lowest BCUT2D eigenvalue weighted by Gasteiger charge is -2.08. The largest absolute Gasteiger partial charge is 0.335 e. The highest BCUT2D eigenvalue weighted by Crippen LogP contribution is 2.35. The van der Waals surface area contributed by atoms with Gasteiger partial charge in [-0.05, 0) is 53.1 Å². The van der Waals surface area contributed by atoms with Gasteiger partial charge in [-0.25, -0.2) is 14.4 Å². The molecule has 0 aliphatic carbocycles. The number of aromatic nitrogens is 6. The first-order valence-electron chi connectivity index (χ1n) is 12.6. The van der Waals surface area contributed by atoms with Crippen LogP contribution in [0.25, 0.3) is 55.2 Å². The molecule has 40 heavy (non-hydrogen) atoms. The lowest BCUT2D eigenvalue weighted by Crippen LogP contribution is -2.12. The lowest BCUT2D eigenvalue weighted by molar-refractivity contribution is 0.636. The Hall–Kier alpha value is -4.80. The minimum Gasteiger partial charge on any atom is -0.335 e. The SMILES string of the molecule is Fc1ccc(-c2ccnc3nc(-c4[nH]nc5c(F)cc(-c6cncc(CNCc7ccccc7)c6)cc45)[nH]c23)s1. The van der Waals surface area contributed by atoms with Crippen molar-refractivity contribution in [3.05, 3.63) is 107 Å². The minimum absolute atomic E-state index is 0.210. The molecule has 0 aliphatic rings. The lowest BCUT2D eigenvalue weighted by atomic mass is 10.0. The monoisotopic (exact) mass is 549 g/mol. The summed E-state index contributed by atoms with van der Waals surface area (Å²) in [5.74, 6) is 0.00890. The molecule has 0 bridgehead atoms. The molecule has 0 saturated heterocycles. The van der Waals surface area contributed by atoms with E-state index in [1.54, 1.807) is 24.7 Å². The minimum atomic E-state index is -0.452. The van der Waals surface area contributed by atoms with Crippen molar-refractivity contribution in [2.24, 2.45) is 0 Å². The maximum atomic E-state index is 15.3. The fourth-order valence-electron chi connectivity index (χ4n) is 4.81. The van der Waals surface area contributed by atoms with Gasteiger partial charge in [0.2, 0.25) is 0 Å². The third-order valence-corrected chi connectivity index (χ3v) is 7.62. The molecule has 5 aromatic heterocycles. The van der Waals surface area contributed by atoms with Crippen molar-refractivity contribution in [2.45, 2.75) is 13.1 Å². The van der Waals surface area contributed by atoms with Crippen LogP contribution >= 0.6 is 11.3 Å². The first kappa shape index (κ1) is 24.3. The average Bonchev–Trinajstić information content (AvgIpc) is 3.71. The molecule has 196 valence electrons. The zero-order chi connectivity index (χ0) is 27.1. The number of hydrogen-bond donors (Lipinski definition) is 3. The number of aromatic amines is 2. The summed E-state index contributed by atoms with van der Waals surface area (Å²) >= 11 is 1.05. The van der Waals surface area contributed by atoms with Crippen molar-refractivity contribution in [3.63, 3.8) is 0 Å². The summed E-state index contributed by atoms with van der Waals surface area (Å²) in [4.78, 5) is 17.4. The summed E-state index contributed by atoms with van der Waals surface area (Å²) in [5.41, 5.74) is 6.32. The van der Waals surface area contributed by atoms with Crippen molar-refractivity contribution in [1.82, 2.24) is 35.5 Å². The fraction of sp³-hybridized carbons (Fsp3) is 0.0667. The van der Waals surface area contributed by atoms with Crippen LogP contribution in [0, 0.1) is 10.9 Å². The van der Waals surface area contributed by atoms with Gasteiger partial charge in [0.1, 0.15) is 11.2 Å². The van der Waals surface area contributed by atoms with Crippen molar-refractivity contribution in [2.75, 3.05) is 0 Å². The number of nitrogens with one attached hydrogen (secondary N) is 3. The molecule has 0 atom stereocenters. The Kier molecular flexibility index (Phi) is 6.10. The number of thiophene rings is 1. The zero-order valence-corrected chi connectivity index (χ0v) is 21.8. The molecule has 5 heterocycles. The van der Waals surface area contributed by atoms with Gasteiger partial charge in [0, 0.05) is 53.1 Å². The van der Waals surface area contributed by atoms with E-state index in [2.05, 4.69) is 47.6 Å². The zero-order valence-electron chi connectivity index (χ0n) is 21.0. The van der Waals surface area contributed by atoms with E-state index in [1.165, 1.54) is 17.7 Å². The standard InChI is InChI=1S/C30H21F2N7S/c31-23-12-19(20-10-18(15-34-16-20)14-33-13-17-4-2-1-3-5-17)11-22-26(23)38-39-28(22)30-36-27-21(8-9-35-29(27)37-30)24-6-7-25(32)40-24/h1-12,15-16,33H,13-14H2,(H,38,39)(H,35,36,37). The molecule has 3 N–H and O–H groups in total. The second-order valence-corrected chi connectivity index (χ2v) is 10.4. The molecule has 0 unspecified atom stereocenters. The molecule has 0 saturated carbocycles. The molecule has 0 radical (unpaired) electrons. The first-order valence-corrected chi connectivity index (χ1v) is 13.4. The predicted molar refractivity (Wildman–Crippen MR) is 152 cm³/mol. The van der Waals surface area contributed by atoms with E-state index in [0.717, 1.165) is 39.4 Å². The fourth-order valence-corrected chi connectivity index (χ4v) is 5.57. The normalized spacial score (nSPS) is 11.6. The first-order chi connectivity index (χ1) is 19.6. The highest BCUT2D eigenvalue weighted by molar-refractivity contribution is 7.14. The smallest absolute Gasteiger partial charge is 0.178 e. The summed E-state index contributed by atoms with van der Waals surface area (Å²) in [6.07, 6.45) is 5.16. The van der Waals surface area contributed by atoms with Gasteiger partial charge in [0.25, 0.3) is 0 Å². The molecular formula is C30H21F2N7S. The summed E-state index contributed by atoms with van der Waals surface area (Å²) < 4.78 is 29.0. The van der Waals surface area contributed by atoms with Crippen LogP contribution in [-0.4, -0.2) is 30.1 Å². The summed E-state index contributed by atoms with van der Waals surface area (Å²) in [6, 6.07) is 20.5. The Bertz CT molecular complexity index is 1980. The maximum absolute atomic E-state index is 15.3. The average molecular weight is 550 g/mol. The number of rotatable bonds is 7. The van der Waals surface area contributed by atoms with E-state index in [1.807, 2.05) is 36.4 Å². The van der Waals surface area contributed by atoms with E-state index in [-0.39, 0.29) is 10.6 Å². The van der Waals surface area contributed by atoms with Gasteiger partial charge in [-0.2, -0.15) is 9.49 Å². The van der Waals surface area contributed by atoms with Crippen LogP contribution in [0.1, 0.15) is 11.1 Å². The number of halogens is 2. The number of nitrogens with zero attached hydrogens (tertiary/aromatic N) is 4. The third-order valence-electron chi connectivity index (χ3n) is 6.71. The molecule has 10 heteroatoms. The summed E-state index contributed by atoms with van der Waals surface area (Å²) in [6.45, 7) is 1.36. The van der Waals surface area contributed by atoms with Crippen LogP contribution in [-0.2, 0) is 13.1 Å². The molecule has 0 fully saturated rings. The van der Waals surface area contributed by atoms with E-state index in [0.29, 0.717) is 40.2 Å². The molecule has 7 nitrogen and oxygen atoms in total. The molecule has 7 aromatic rings. The number of fused-ring (bicyclic) bond motifs is 2. The van der Waals surface area contributed by atoms with Crippen LogP contribution in [0.5, 0.6) is 0 Å². The number of benzene rings is 2. The van der Waals surface area contributed by atoms with Crippen molar-refractivity contribution >= 4 is 33.4 Å². The van der Waals surface area contributed by atoms with Crippen LogP contribution in [0.3, 0.4) is 0 Å². The predicted octanol–water partition coefficient (Wildman–Crippen LogP) is 6.86. The number of H-pyrrole nitrogens is 2. The topological polar surface area (TPSA) is 95.2 Å². The van der Waals surface area contributed by atoms with E-state index in [9.17, 15) is 4.39 Å². The van der Waals surface area contributed by atoms with Gasteiger partial charge in [-0.15, -0.1) is 11.3 Å². The van der Waals surface area contributed by atoms with Gasteiger partial charge >= 0.3 is 0 Å². The number of imidazole rings is 1.